The van der Waals surface area contributed by atoms with Gasteiger partial charge in [0.1, 0.15) is 0 Å². The SMILES string of the molecule is C=CC(=O)Cc1ccc(C(=O)O)cc1.C=CC(=O)Cl.Nc1ccc(C(=O)O)cc1. The quantitative estimate of drug-likeness (QED) is 0.371. The first-order chi connectivity index (χ1) is 13.6. The summed E-state index contributed by atoms with van der Waals surface area (Å²) >= 11 is 4.71. The summed E-state index contributed by atoms with van der Waals surface area (Å²) in [5.74, 6) is -1.97. The van der Waals surface area contributed by atoms with Crippen LogP contribution in [0.15, 0.2) is 73.8 Å². The Labute approximate surface area is 172 Å². The standard InChI is InChI=1S/C11H10O3.C7H7NO2.C3H3ClO/c1-2-10(12)7-8-3-5-9(6-4-8)11(13)14;8-6-3-1-5(2-4-6)7(9)10;1-2-3(4)5/h2-6H,1,7H2,(H,13,14);1-4H,8H2,(H,9,10);2H,1H2. The number of benzene rings is 2. The van der Waals surface area contributed by atoms with Crippen LogP contribution in [0.5, 0.6) is 0 Å². The summed E-state index contributed by atoms with van der Waals surface area (Å²) in [7, 11) is 0. The Balaban J connectivity index is 0.000000455. The molecule has 0 saturated heterocycles. The maximum absolute atomic E-state index is 11.0. The van der Waals surface area contributed by atoms with Crippen LogP contribution in [0.4, 0.5) is 5.69 Å². The number of hydrogen-bond donors (Lipinski definition) is 3. The number of halogens is 1. The fraction of sp³-hybridized carbons (Fsp3) is 0.0476. The minimum atomic E-state index is -0.966. The van der Waals surface area contributed by atoms with E-state index in [0.29, 0.717) is 5.69 Å². The van der Waals surface area contributed by atoms with Gasteiger partial charge in [-0.2, -0.15) is 0 Å². The molecule has 0 bridgehead atoms. The first kappa shape index (κ1) is 25.3. The summed E-state index contributed by atoms with van der Waals surface area (Å²) < 4.78 is 0. The lowest BCUT2D eigenvalue weighted by atomic mass is 10.1. The second kappa shape index (κ2) is 13.5. The van der Waals surface area contributed by atoms with Crippen molar-refractivity contribution in [2.75, 3.05) is 5.73 Å². The van der Waals surface area contributed by atoms with Crippen molar-refractivity contribution >= 4 is 40.3 Å². The van der Waals surface area contributed by atoms with Crippen LogP contribution in [-0.2, 0) is 16.0 Å². The second-order valence-corrected chi connectivity index (χ2v) is 5.66. The lowest BCUT2D eigenvalue weighted by molar-refractivity contribution is -0.114. The van der Waals surface area contributed by atoms with E-state index in [9.17, 15) is 19.2 Å². The molecule has 0 aliphatic heterocycles. The number of aromatic carboxylic acids is 2. The van der Waals surface area contributed by atoms with Crippen LogP contribution in [-0.4, -0.2) is 33.2 Å². The van der Waals surface area contributed by atoms with Gasteiger partial charge in [-0.1, -0.05) is 25.3 Å². The third-order valence-corrected chi connectivity index (χ3v) is 3.28. The largest absolute Gasteiger partial charge is 0.478 e. The molecule has 2 rings (SSSR count). The van der Waals surface area contributed by atoms with Gasteiger partial charge in [0, 0.05) is 12.1 Å². The Kier molecular flexibility index (Phi) is 11.7. The molecular formula is C21H20ClNO6. The molecule has 0 heterocycles. The number of carbonyl (C=O) groups is 4. The molecule has 29 heavy (non-hydrogen) atoms. The number of rotatable bonds is 6. The number of carbonyl (C=O) groups excluding carboxylic acids is 2. The molecule has 4 N–H and O–H groups in total. The van der Waals surface area contributed by atoms with Crippen molar-refractivity contribution < 1.29 is 29.4 Å². The van der Waals surface area contributed by atoms with Gasteiger partial charge in [-0.3, -0.25) is 9.59 Å². The second-order valence-electron chi connectivity index (χ2n) is 5.28. The molecule has 2 aromatic carbocycles. The molecule has 0 amide bonds. The summed E-state index contributed by atoms with van der Waals surface area (Å²) in [5.41, 5.74) is 7.18. The van der Waals surface area contributed by atoms with Crippen molar-refractivity contribution in [2.45, 2.75) is 6.42 Å². The van der Waals surface area contributed by atoms with Crippen LogP contribution in [0.1, 0.15) is 26.3 Å². The zero-order chi connectivity index (χ0) is 22.4. The Bertz CT molecular complexity index is 873. The minimum Gasteiger partial charge on any atom is -0.478 e. The number of nitrogen functional groups attached to an aromatic ring is 1. The van der Waals surface area contributed by atoms with E-state index in [2.05, 4.69) is 13.2 Å². The van der Waals surface area contributed by atoms with Gasteiger partial charge < -0.3 is 15.9 Å². The molecule has 7 nitrogen and oxygen atoms in total. The highest BCUT2D eigenvalue weighted by molar-refractivity contribution is 6.66. The van der Waals surface area contributed by atoms with Gasteiger partial charge in [0.05, 0.1) is 11.1 Å². The monoisotopic (exact) mass is 417 g/mol. The van der Waals surface area contributed by atoms with E-state index >= 15 is 0 Å². The molecule has 0 aliphatic carbocycles. The third kappa shape index (κ3) is 11.6. The van der Waals surface area contributed by atoms with E-state index < -0.39 is 17.2 Å². The van der Waals surface area contributed by atoms with Crippen molar-refractivity contribution in [3.63, 3.8) is 0 Å². The first-order valence-electron chi connectivity index (χ1n) is 7.99. The number of anilines is 1. The van der Waals surface area contributed by atoms with Crippen molar-refractivity contribution in [1.82, 2.24) is 0 Å². The number of nitrogens with two attached hydrogens (primary N) is 1. The van der Waals surface area contributed by atoms with Gasteiger partial charge in [0.15, 0.2) is 5.78 Å². The maximum Gasteiger partial charge on any atom is 0.335 e. The van der Waals surface area contributed by atoms with Gasteiger partial charge in [-0.15, -0.1) is 0 Å². The predicted molar refractivity (Wildman–Crippen MR) is 111 cm³/mol. The van der Waals surface area contributed by atoms with Crippen molar-refractivity contribution in [3.8, 4) is 0 Å². The number of carboxylic acid groups (broad SMARTS) is 2. The zero-order valence-electron chi connectivity index (χ0n) is 15.4. The smallest absolute Gasteiger partial charge is 0.335 e. The van der Waals surface area contributed by atoms with Crippen LogP contribution >= 0.6 is 11.6 Å². The van der Waals surface area contributed by atoms with E-state index in [4.69, 9.17) is 27.5 Å². The summed E-state index contributed by atoms with van der Waals surface area (Å²) in [5, 5.41) is 16.5. The molecule has 8 heteroatoms. The van der Waals surface area contributed by atoms with Crippen LogP contribution in [0.25, 0.3) is 0 Å². The molecule has 0 saturated carbocycles. The number of carboxylic acids is 2. The van der Waals surface area contributed by atoms with E-state index in [-0.39, 0.29) is 23.3 Å². The highest BCUT2D eigenvalue weighted by atomic mass is 35.5. The minimum absolute atomic E-state index is 0.0759. The topological polar surface area (TPSA) is 135 Å². The molecular weight excluding hydrogens is 398 g/mol. The van der Waals surface area contributed by atoms with Crippen LogP contribution in [0, 0.1) is 0 Å². The number of hydrogen-bond acceptors (Lipinski definition) is 5. The average molecular weight is 418 g/mol. The van der Waals surface area contributed by atoms with Gasteiger partial charge >= 0.3 is 11.9 Å². The summed E-state index contributed by atoms with van der Waals surface area (Å²) in [6.07, 6.45) is 2.57. The summed E-state index contributed by atoms with van der Waals surface area (Å²) in [6.45, 7) is 6.44. The maximum atomic E-state index is 11.0. The molecule has 0 spiro atoms. The Morgan fingerprint density at radius 2 is 1.21 bits per heavy atom. The van der Waals surface area contributed by atoms with Gasteiger partial charge in [0.25, 0.3) is 0 Å². The van der Waals surface area contributed by atoms with E-state index in [1.165, 1.54) is 30.3 Å². The lowest BCUT2D eigenvalue weighted by Gasteiger charge is -1.98. The van der Waals surface area contributed by atoms with E-state index in [1.807, 2.05) is 0 Å². The first-order valence-corrected chi connectivity index (χ1v) is 8.36. The van der Waals surface area contributed by atoms with E-state index in [1.54, 1.807) is 24.3 Å². The number of allylic oxidation sites excluding steroid dienone is 2. The normalized spacial score (nSPS) is 8.86. The molecule has 0 atom stereocenters. The van der Waals surface area contributed by atoms with Gasteiger partial charge in [0.2, 0.25) is 5.24 Å². The third-order valence-electron chi connectivity index (χ3n) is 3.13. The highest BCUT2D eigenvalue weighted by Gasteiger charge is 2.03. The molecule has 0 fully saturated rings. The summed E-state index contributed by atoms with van der Waals surface area (Å²) in [4.78, 5) is 41.2. The van der Waals surface area contributed by atoms with Crippen LogP contribution in [0.2, 0.25) is 0 Å². The van der Waals surface area contributed by atoms with Gasteiger partial charge in [-0.05, 0) is 65.7 Å². The molecule has 0 aromatic heterocycles. The van der Waals surface area contributed by atoms with E-state index in [0.717, 1.165) is 11.6 Å². The Morgan fingerprint density at radius 3 is 1.52 bits per heavy atom. The predicted octanol–water partition coefficient (Wildman–Crippen LogP) is 3.59. The summed E-state index contributed by atoms with van der Waals surface area (Å²) in [6, 6.07) is 12.3. The van der Waals surface area contributed by atoms with Crippen LogP contribution < -0.4 is 5.73 Å². The lowest BCUT2D eigenvalue weighted by Crippen LogP contribution is -2.00. The van der Waals surface area contributed by atoms with Crippen molar-refractivity contribution in [2.24, 2.45) is 0 Å². The molecule has 0 unspecified atom stereocenters. The molecule has 2 aromatic rings. The number of ketones is 1. The van der Waals surface area contributed by atoms with Crippen molar-refractivity contribution in [3.05, 3.63) is 90.5 Å². The Hall–Kier alpha value is -3.71. The molecule has 152 valence electrons. The Morgan fingerprint density at radius 1 is 0.828 bits per heavy atom. The molecule has 0 aliphatic rings. The fourth-order valence-electron chi connectivity index (χ4n) is 1.66. The zero-order valence-corrected chi connectivity index (χ0v) is 16.1. The van der Waals surface area contributed by atoms with Crippen molar-refractivity contribution in [1.29, 1.82) is 0 Å². The van der Waals surface area contributed by atoms with Gasteiger partial charge in [-0.25, -0.2) is 9.59 Å². The molecule has 0 radical (unpaired) electrons. The van der Waals surface area contributed by atoms with Crippen LogP contribution in [0.3, 0.4) is 0 Å². The fourth-order valence-corrected chi connectivity index (χ4v) is 1.66. The average Bonchev–Trinajstić information content (AvgIpc) is 2.69. The highest BCUT2D eigenvalue weighted by Crippen LogP contribution is 2.06.